The summed E-state index contributed by atoms with van der Waals surface area (Å²) in [5.41, 5.74) is 0.226. The molecule has 0 saturated heterocycles. The average molecular weight is 406 g/mol. The third-order valence-electron chi connectivity index (χ3n) is 4.35. The minimum atomic E-state index is -0.503. The van der Waals surface area contributed by atoms with E-state index in [1.165, 1.54) is 6.20 Å². The van der Waals surface area contributed by atoms with Crippen LogP contribution in [0, 0.1) is 0 Å². The summed E-state index contributed by atoms with van der Waals surface area (Å²) in [6.07, 6.45) is 3.20. The Morgan fingerprint density at radius 3 is 2.79 bits per heavy atom. The first kappa shape index (κ1) is 18.8. The van der Waals surface area contributed by atoms with Gasteiger partial charge in [-0.3, -0.25) is 9.78 Å². The minimum Gasteiger partial charge on any atom is -0.487 e. The monoisotopic (exact) mass is 406 g/mol. The van der Waals surface area contributed by atoms with Crippen LogP contribution in [0.15, 0.2) is 67.0 Å². The second-order valence-electron chi connectivity index (χ2n) is 6.35. The summed E-state index contributed by atoms with van der Waals surface area (Å²) in [5, 5.41) is 2.89. The van der Waals surface area contributed by atoms with Crippen molar-refractivity contribution in [2.45, 2.75) is 6.04 Å². The molecule has 0 bridgehead atoms. The highest BCUT2D eigenvalue weighted by Crippen LogP contribution is 2.28. The number of nitrogens with one attached hydrogen (secondary N) is 1. The van der Waals surface area contributed by atoms with E-state index >= 15 is 0 Å². The van der Waals surface area contributed by atoms with Crippen molar-refractivity contribution in [1.82, 2.24) is 15.3 Å². The number of fused-ring (bicyclic) bond motifs is 1. The van der Waals surface area contributed by atoms with Crippen LogP contribution >= 0.6 is 12.2 Å². The molecule has 0 fully saturated rings. The Kier molecular flexibility index (Phi) is 5.35. The lowest BCUT2D eigenvalue weighted by molar-refractivity contribution is 0.0932. The number of hydrogen-bond acceptors (Lipinski definition) is 6. The number of rotatable bonds is 4. The maximum atomic E-state index is 12.8. The van der Waals surface area contributed by atoms with Crippen LogP contribution in [0.5, 0.6) is 17.2 Å². The quantitative estimate of drug-likeness (QED) is 0.667. The van der Waals surface area contributed by atoms with Crippen molar-refractivity contribution in [2.24, 2.45) is 0 Å². The van der Waals surface area contributed by atoms with E-state index in [0.29, 0.717) is 28.1 Å². The Bertz CT molecular complexity index is 1040. The van der Waals surface area contributed by atoms with Gasteiger partial charge in [0.15, 0.2) is 11.6 Å². The average Bonchev–Trinajstić information content (AvgIpc) is 2.87. The zero-order chi connectivity index (χ0) is 20.2. The molecule has 0 spiro atoms. The highest BCUT2D eigenvalue weighted by atomic mass is 32.1. The SMILES string of the molecule is CN1C(=S)C(NC(=O)c2cc(Oc3ccccc3)ccn2)COc2cccnc21. The van der Waals surface area contributed by atoms with Crippen LogP contribution < -0.4 is 19.7 Å². The zero-order valence-electron chi connectivity index (χ0n) is 15.6. The van der Waals surface area contributed by atoms with E-state index in [0.717, 1.165) is 0 Å². The maximum absolute atomic E-state index is 12.8. The molecule has 0 radical (unpaired) electrons. The molecule has 1 atom stereocenters. The number of thiocarbonyl (C=S) groups is 1. The maximum Gasteiger partial charge on any atom is 0.270 e. The number of para-hydroxylation sites is 1. The molecule has 1 amide bonds. The Labute approximate surface area is 173 Å². The van der Waals surface area contributed by atoms with Gasteiger partial charge in [-0.1, -0.05) is 30.4 Å². The molecule has 1 aliphatic heterocycles. The number of anilines is 1. The molecule has 1 N–H and O–H groups in total. The van der Waals surface area contributed by atoms with Gasteiger partial charge in [0.2, 0.25) is 0 Å². The summed E-state index contributed by atoms with van der Waals surface area (Å²) in [6.45, 7) is 0.202. The van der Waals surface area contributed by atoms with Crippen LogP contribution in [0.4, 0.5) is 5.82 Å². The van der Waals surface area contributed by atoms with E-state index in [1.807, 2.05) is 36.4 Å². The zero-order valence-corrected chi connectivity index (χ0v) is 16.4. The van der Waals surface area contributed by atoms with Gasteiger partial charge < -0.3 is 19.7 Å². The Balaban J connectivity index is 1.48. The normalized spacial score (nSPS) is 15.7. The first-order valence-corrected chi connectivity index (χ1v) is 9.38. The van der Waals surface area contributed by atoms with Gasteiger partial charge in [0.25, 0.3) is 5.91 Å². The molecule has 0 saturated carbocycles. The Hall–Kier alpha value is -3.52. The van der Waals surface area contributed by atoms with E-state index in [-0.39, 0.29) is 18.2 Å². The fourth-order valence-electron chi connectivity index (χ4n) is 2.89. The predicted octanol–water partition coefficient (Wildman–Crippen LogP) is 3.22. The number of carbonyl (C=O) groups is 1. The van der Waals surface area contributed by atoms with Crippen LogP contribution in [0.3, 0.4) is 0 Å². The molecule has 146 valence electrons. The lowest BCUT2D eigenvalue weighted by Crippen LogP contribution is -2.48. The van der Waals surface area contributed by atoms with Crippen LogP contribution in [0.2, 0.25) is 0 Å². The lowest BCUT2D eigenvalue weighted by Gasteiger charge is -2.22. The van der Waals surface area contributed by atoms with Gasteiger partial charge in [-0.25, -0.2) is 4.98 Å². The highest BCUT2D eigenvalue weighted by molar-refractivity contribution is 7.80. The molecule has 1 unspecified atom stereocenters. The molecular weight excluding hydrogens is 388 g/mol. The molecule has 2 aromatic heterocycles. The van der Waals surface area contributed by atoms with Crippen molar-refractivity contribution in [3.05, 3.63) is 72.7 Å². The van der Waals surface area contributed by atoms with Crippen molar-refractivity contribution in [2.75, 3.05) is 18.6 Å². The van der Waals surface area contributed by atoms with Gasteiger partial charge in [-0.15, -0.1) is 0 Å². The summed E-state index contributed by atoms with van der Waals surface area (Å²) in [7, 11) is 1.80. The fraction of sp³-hybridized carbons (Fsp3) is 0.143. The number of nitrogens with zero attached hydrogens (tertiary/aromatic N) is 3. The molecule has 0 aliphatic carbocycles. The second kappa shape index (κ2) is 8.24. The number of carbonyl (C=O) groups excluding carboxylic acids is 1. The smallest absolute Gasteiger partial charge is 0.270 e. The van der Waals surface area contributed by atoms with E-state index in [9.17, 15) is 4.79 Å². The molecule has 4 rings (SSSR count). The number of aromatic nitrogens is 2. The van der Waals surface area contributed by atoms with Gasteiger partial charge in [0, 0.05) is 25.5 Å². The number of pyridine rings is 2. The van der Waals surface area contributed by atoms with Crippen molar-refractivity contribution in [3.63, 3.8) is 0 Å². The lowest BCUT2D eigenvalue weighted by atomic mass is 10.2. The molecular formula is C21H18N4O3S. The number of benzene rings is 1. The standard InChI is InChI=1S/C21H18N4O3S/c1-25-19-18(8-5-10-23-19)27-13-17(21(25)29)24-20(26)16-12-15(9-11-22-16)28-14-6-3-2-4-7-14/h2-12,17H,13H2,1H3,(H,24,26). The molecule has 1 aliphatic rings. The molecule has 1 aromatic carbocycles. The number of amides is 1. The topological polar surface area (TPSA) is 76.6 Å². The molecule has 3 aromatic rings. The van der Waals surface area contributed by atoms with Crippen LogP contribution in [0.1, 0.15) is 10.5 Å². The fourth-order valence-corrected chi connectivity index (χ4v) is 3.10. The molecule has 3 heterocycles. The first-order chi connectivity index (χ1) is 14.1. The van der Waals surface area contributed by atoms with Crippen LogP contribution in [0.25, 0.3) is 0 Å². The summed E-state index contributed by atoms with van der Waals surface area (Å²) in [6, 6.07) is 15.7. The van der Waals surface area contributed by atoms with Crippen molar-refractivity contribution in [3.8, 4) is 17.2 Å². The Morgan fingerprint density at radius 2 is 1.97 bits per heavy atom. The molecule has 8 heteroatoms. The van der Waals surface area contributed by atoms with E-state index < -0.39 is 6.04 Å². The molecule has 29 heavy (non-hydrogen) atoms. The minimum absolute atomic E-state index is 0.202. The highest BCUT2D eigenvalue weighted by Gasteiger charge is 2.28. The number of hydrogen-bond donors (Lipinski definition) is 1. The Morgan fingerprint density at radius 1 is 1.14 bits per heavy atom. The van der Waals surface area contributed by atoms with Crippen molar-refractivity contribution < 1.29 is 14.3 Å². The third kappa shape index (κ3) is 4.17. The van der Waals surface area contributed by atoms with Gasteiger partial charge >= 0.3 is 0 Å². The van der Waals surface area contributed by atoms with Gasteiger partial charge in [0.1, 0.15) is 34.8 Å². The predicted molar refractivity (Wildman–Crippen MR) is 113 cm³/mol. The molecule has 7 nitrogen and oxygen atoms in total. The second-order valence-corrected chi connectivity index (χ2v) is 6.77. The number of ether oxygens (including phenoxy) is 2. The van der Waals surface area contributed by atoms with Gasteiger partial charge in [-0.2, -0.15) is 0 Å². The van der Waals surface area contributed by atoms with Crippen molar-refractivity contribution >= 4 is 28.9 Å². The number of likely N-dealkylation sites (N-methyl/N-ethyl adjacent to an activating group) is 1. The van der Waals surface area contributed by atoms with Gasteiger partial charge in [-0.05, 0) is 30.3 Å². The van der Waals surface area contributed by atoms with E-state index in [2.05, 4.69) is 15.3 Å². The van der Waals surface area contributed by atoms with Crippen LogP contribution in [-0.2, 0) is 0 Å². The van der Waals surface area contributed by atoms with Crippen LogP contribution in [-0.4, -0.2) is 40.6 Å². The van der Waals surface area contributed by atoms with E-state index in [4.69, 9.17) is 21.7 Å². The summed E-state index contributed by atoms with van der Waals surface area (Å²) < 4.78 is 11.6. The van der Waals surface area contributed by atoms with Crippen molar-refractivity contribution in [1.29, 1.82) is 0 Å². The summed E-state index contributed by atoms with van der Waals surface area (Å²) in [5.74, 6) is 2.06. The van der Waals surface area contributed by atoms with Gasteiger partial charge in [0.05, 0.1) is 0 Å². The summed E-state index contributed by atoms with van der Waals surface area (Å²) in [4.78, 5) is 23.5. The largest absolute Gasteiger partial charge is 0.487 e. The third-order valence-corrected chi connectivity index (χ3v) is 4.91. The van der Waals surface area contributed by atoms with E-state index in [1.54, 1.807) is 36.3 Å². The summed E-state index contributed by atoms with van der Waals surface area (Å²) >= 11 is 5.54. The first-order valence-electron chi connectivity index (χ1n) is 8.97.